The summed E-state index contributed by atoms with van der Waals surface area (Å²) < 4.78 is 18.9. The van der Waals surface area contributed by atoms with Gasteiger partial charge in [0.15, 0.2) is 11.6 Å². The van der Waals surface area contributed by atoms with Crippen LogP contribution in [-0.4, -0.2) is 19.1 Å². The van der Waals surface area contributed by atoms with Crippen molar-refractivity contribution in [1.82, 2.24) is 5.32 Å². The maximum atomic E-state index is 13.5. The van der Waals surface area contributed by atoms with Gasteiger partial charge in [-0.2, -0.15) is 0 Å². The number of hydrogen-bond acceptors (Lipinski definition) is 2. The Labute approximate surface area is 152 Å². The second kappa shape index (κ2) is 8.81. The van der Waals surface area contributed by atoms with Gasteiger partial charge < -0.3 is 10.1 Å². The zero-order chi connectivity index (χ0) is 18.2. The maximum Gasteiger partial charge on any atom is 0.232 e. The predicted molar refractivity (Wildman–Crippen MR) is 99.6 cm³/mol. The van der Waals surface area contributed by atoms with Crippen LogP contribution in [0.5, 0.6) is 5.75 Å². The van der Waals surface area contributed by atoms with E-state index < -0.39 is 11.7 Å². The molecule has 0 aromatic heterocycles. The Hall–Kier alpha value is -3.14. The molecular formula is C22H20FNO2. The summed E-state index contributed by atoms with van der Waals surface area (Å²) >= 11 is 0. The Morgan fingerprint density at radius 2 is 1.38 bits per heavy atom. The van der Waals surface area contributed by atoms with E-state index in [0.29, 0.717) is 6.54 Å². The van der Waals surface area contributed by atoms with Crippen LogP contribution in [0.4, 0.5) is 4.39 Å². The van der Waals surface area contributed by atoms with Crippen molar-refractivity contribution in [3.8, 4) is 5.75 Å². The number of para-hydroxylation sites is 1. The first-order valence-electron chi connectivity index (χ1n) is 8.50. The fourth-order valence-electron chi connectivity index (χ4n) is 2.79. The number of ether oxygens (including phenoxy) is 1. The Bertz CT molecular complexity index is 798. The molecule has 0 spiro atoms. The molecule has 0 atom stereocenters. The highest BCUT2D eigenvalue weighted by molar-refractivity contribution is 5.87. The third kappa shape index (κ3) is 4.48. The number of benzene rings is 3. The minimum atomic E-state index is -0.412. The summed E-state index contributed by atoms with van der Waals surface area (Å²) in [7, 11) is 0. The molecule has 3 aromatic rings. The summed E-state index contributed by atoms with van der Waals surface area (Å²) in [4.78, 5) is 12.8. The average molecular weight is 349 g/mol. The normalized spacial score (nSPS) is 10.5. The number of rotatable bonds is 7. The number of hydrogen-bond donors (Lipinski definition) is 1. The van der Waals surface area contributed by atoms with E-state index in [-0.39, 0.29) is 18.3 Å². The van der Waals surface area contributed by atoms with Crippen LogP contribution in [0, 0.1) is 5.82 Å². The Morgan fingerprint density at radius 3 is 1.96 bits per heavy atom. The number of carbonyl (C=O) groups excluding carboxylic acids is 1. The van der Waals surface area contributed by atoms with Gasteiger partial charge in [0.25, 0.3) is 0 Å². The molecule has 0 aliphatic heterocycles. The Morgan fingerprint density at radius 1 is 0.846 bits per heavy atom. The van der Waals surface area contributed by atoms with Crippen LogP contribution in [0.15, 0.2) is 84.9 Å². The standard InChI is InChI=1S/C22H20FNO2/c23-19-13-7-8-14-20(19)26-16-15-24-22(25)21(17-9-3-1-4-10-17)18-11-5-2-6-12-18/h1-14,21H,15-16H2,(H,24,25). The van der Waals surface area contributed by atoms with Gasteiger partial charge in [-0.3, -0.25) is 4.79 Å². The van der Waals surface area contributed by atoms with Crippen molar-refractivity contribution in [3.63, 3.8) is 0 Å². The molecule has 0 aliphatic rings. The highest BCUT2D eigenvalue weighted by Gasteiger charge is 2.22. The van der Waals surface area contributed by atoms with Gasteiger partial charge in [0.1, 0.15) is 6.61 Å². The van der Waals surface area contributed by atoms with Crippen LogP contribution >= 0.6 is 0 Å². The molecule has 1 amide bonds. The minimum Gasteiger partial charge on any atom is -0.489 e. The highest BCUT2D eigenvalue weighted by atomic mass is 19.1. The van der Waals surface area contributed by atoms with E-state index >= 15 is 0 Å². The van der Waals surface area contributed by atoms with E-state index in [1.807, 2.05) is 60.7 Å². The lowest BCUT2D eigenvalue weighted by molar-refractivity contribution is -0.121. The molecule has 0 bridgehead atoms. The zero-order valence-corrected chi connectivity index (χ0v) is 14.3. The second-order valence-electron chi connectivity index (χ2n) is 5.82. The van der Waals surface area contributed by atoms with Gasteiger partial charge in [0.05, 0.1) is 12.5 Å². The molecule has 3 aromatic carbocycles. The van der Waals surface area contributed by atoms with E-state index in [1.165, 1.54) is 6.07 Å². The van der Waals surface area contributed by atoms with Gasteiger partial charge in [0, 0.05) is 0 Å². The monoisotopic (exact) mass is 349 g/mol. The van der Waals surface area contributed by atoms with Gasteiger partial charge in [-0.1, -0.05) is 72.8 Å². The molecule has 0 heterocycles. The third-order valence-electron chi connectivity index (χ3n) is 4.02. The lowest BCUT2D eigenvalue weighted by Gasteiger charge is -2.18. The molecule has 3 nitrogen and oxygen atoms in total. The van der Waals surface area contributed by atoms with Crippen molar-refractivity contribution in [1.29, 1.82) is 0 Å². The summed E-state index contributed by atoms with van der Waals surface area (Å²) in [5.41, 5.74) is 1.84. The number of amides is 1. The first kappa shape index (κ1) is 17.7. The minimum absolute atomic E-state index is 0.112. The zero-order valence-electron chi connectivity index (χ0n) is 14.3. The average Bonchev–Trinajstić information content (AvgIpc) is 2.68. The molecule has 0 saturated carbocycles. The molecule has 0 fully saturated rings. The maximum absolute atomic E-state index is 13.5. The molecule has 0 saturated heterocycles. The van der Waals surface area contributed by atoms with Crippen LogP contribution < -0.4 is 10.1 Å². The van der Waals surface area contributed by atoms with Crippen LogP contribution in [-0.2, 0) is 4.79 Å². The SMILES string of the molecule is O=C(NCCOc1ccccc1F)C(c1ccccc1)c1ccccc1. The molecule has 3 rings (SSSR count). The second-order valence-corrected chi connectivity index (χ2v) is 5.82. The van der Waals surface area contributed by atoms with Gasteiger partial charge in [-0.25, -0.2) is 4.39 Å². The van der Waals surface area contributed by atoms with E-state index in [0.717, 1.165) is 11.1 Å². The Balaban J connectivity index is 1.64. The van der Waals surface area contributed by atoms with E-state index in [9.17, 15) is 9.18 Å². The first-order chi connectivity index (χ1) is 12.8. The summed E-state index contributed by atoms with van der Waals surface area (Å²) in [6, 6.07) is 25.5. The van der Waals surface area contributed by atoms with Gasteiger partial charge >= 0.3 is 0 Å². The molecule has 0 radical (unpaired) electrons. The highest BCUT2D eigenvalue weighted by Crippen LogP contribution is 2.24. The van der Waals surface area contributed by atoms with Crippen LogP contribution in [0.25, 0.3) is 0 Å². The van der Waals surface area contributed by atoms with E-state index in [2.05, 4.69) is 5.32 Å². The molecule has 4 heteroatoms. The third-order valence-corrected chi connectivity index (χ3v) is 4.02. The lowest BCUT2D eigenvalue weighted by Crippen LogP contribution is -2.33. The Kier molecular flexibility index (Phi) is 5.99. The quantitative estimate of drug-likeness (QED) is 0.651. The van der Waals surface area contributed by atoms with Gasteiger partial charge in [-0.15, -0.1) is 0 Å². The van der Waals surface area contributed by atoms with Crippen LogP contribution in [0.2, 0.25) is 0 Å². The van der Waals surface area contributed by atoms with Gasteiger partial charge in [-0.05, 0) is 23.3 Å². The number of nitrogens with one attached hydrogen (secondary N) is 1. The van der Waals surface area contributed by atoms with Crippen molar-refractivity contribution in [2.24, 2.45) is 0 Å². The number of halogens is 1. The summed E-state index contributed by atoms with van der Waals surface area (Å²) in [6.45, 7) is 0.492. The topological polar surface area (TPSA) is 38.3 Å². The first-order valence-corrected chi connectivity index (χ1v) is 8.50. The van der Waals surface area contributed by atoms with Crippen molar-refractivity contribution < 1.29 is 13.9 Å². The van der Waals surface area contributed by atoms with E-state index in [4.69, 9.17) is 4.74 Å². The largest absolute Gasteiger partial charge is 0.489 e. The molecule has 0 aliphatic carbocycles. The van der Waals surface area contributed by atoms with Crippen LogP contribution in [0.3, 0.4) is 0 Å². The van der Waals surface area contributed by atoms with Gasteiger partial charge in [0.2, 0.25) is 5.91 Å². The molecule has 0 unspecified atom stereocenters. The predicted octanol–water partition coefficient (Wildman–Crippen LogP) is 4.15. The summed E-state index contributed by atoms with van der Waals surface area (Å²) in [5, 5.41) is 2.88. The molecular weight excluding hydrogens is 329 g/mol. The molecule has 1 N–H and O–H groups in total. The molecule has 26 heavy (non-hydrogen) atoms. The fraction of sp³-hybridized carbons (Fsp3) is 0.136. The smallest absolute Gasteiger partial charge is 0.232 e. The lowest BCUT2D eigenvalue weighted by atomic mass is 9.90. The van der Waals surface area contributed by atoms with Crippen molar-refractivity contribution >= 4 is 5.91 Å². The summed E-state index contributed by atoms with van der Waals surface area (Å²) in [5.74, 6) is -0.736. The van der Waals surface area contributed by atoms with Crippen molar-refractivity contribution in [2.75, 3.05) is 13.2 Å². The summed E-state index contributed by atoms with van der Waals surface area (Å²) in [6.07, 6.45) is 0. The number of carbonyl (C=O) groups is 1. The van der Waals surface area contributed by atoms with Crippen LogP contribution in [0.1, 0.15) is 17.0 Å². The fourth-order valence-corrected chi connectivity index (χ4v) is 2.79. The van der Waals surface area contributed by atoms with E-state index in [1.54, 1.807) is 18.2 Å². The van der Waals surface area contributed by atoms with Crippen molar-refractivity contribution in [2.45, 2.75) is 5.92 Å². The molecule has 132 valence electrons. The van der Waals surface area contributed by atoms with Crippen molar-refractivity contribution in [3.05, 3.63) is 102 Å².